The summed E-state index contributed by atoms with van der Waals surface area (Å²) in [6.07, 6.45) is 2.32. The van der Waals surface area contributed by atoms with Crippen molar-refractivity contribution in [3.05, 3.63) is 21.9 Å². The Morgan fingerprint density at radius 1 is 1.37 bits per heavy atom. The van der Waals surface area contributed by atoms with Gasteiger partial charge in [-0.1, -0.05) is 13.8 Å². The third-order valence-electron chi connectivity index (χ3n) is 3.68. The molecule has 1 N–H and O–H groups in total. The minimum absolute atomic E-state index is 0.0772. The zero-order valence-corrected chi connectivity index (χ0v) is 13.1. The average Bonchev–Trinajstić information content (AvgIpc) is 2.92. The molecule has 0 aromatic carbocycles. The Labute approximate surface area is 120 Å². The van der Waals surface area contributed by atoms with Crippen LogP contribution in [0.5, 0.6) is 0 Å². The summed E-state index contributed by atoms with van der Waals surface area (Å²) in [5, 5.41) is 3.34. The van der Waals surface area contributed by atoms with Gasteiger partial charge in [0, 0.05) is 15.8 Å². The first kappa shape index (κ1) is 14.5. The summed E-state index contributed by atoms with van der Waals surface area (Å²) >= 11 is 1.78. The number of amides is 1. The van der Waals surface area contributed by atoms with Gasteiger partial charge in [0.15, 0.2) is 0 Å². The van der Waals surface area contributed by atoms with Gasteiger partial charge in [0.05, 0.1) is 6.54 Å². The topological polar surface area (TPSA) is 32.3 Å². The van der Waals surface area contributed by atoms with E-state index in [-0.39, 0.29) is 12.1 Å². The van der Waals surface area contributed by atoms with E-state index in [0.29, 0.717) is 18.5 Å². The third-order valence-corrected chi connectivity index (χ3v) is 4.73. The molecule has 4 heteroatoms. The fourth-order valence-corrected chi connectivity index (χ4v) is 3.52. The van der Waals surface area contributed by atoms with E-state index in [2.05, 4.69) is 45.1 Å². The maximum absolute atomic E-state index is 12.1. The summed E-state index contributed by atoms with van der Waals surface area (Å²) in [5.41, 5.74) is 0. The molecule has 0 aliphatic carbocycles. The van der Waals surface area contributed by atoms with Crippen LogP contribution in [0.25, 0.3) is 0 Å². The van der Waals surface area contributed by atoms with Crippen LogP contribution in [0, 0.1) is 12.8 Å². The van der Waals surface area contributed by atoms with Gasteiger partial charge >= 0.3 is 0 Å². The molecular formula is C15H24N2OS. The van der Waals surface area contributed by atoms with E-state index in [9.17, 15) is 4.79 Å². The highest BCUT2D eigenvalue weighted by molar-refractivity contribution is 7.12. The van der Waals surface area contributed by atoms with Crippen LogP contribution in [0.15, 0.2) is 12.1 Å². The highest BCUT2D eigenvalue weighted by Gasteiger charge is 2.35. The quantitative estimate of drug-likeness (QED) is 0.897. The van der Waals surface area contributed by atoms with Crippen molar-refractivity contribution >= 4 is 17.2 Å². The average molecular weight is 280 g/mol. The van der Waals surface area contributed by atoms with Gasteiger partial charge < -0.3 is 4.90 Å². The molecule has 2 unspecified atom stereocenters. The van der Waals surface area contributed by atoms with E-state index in [1.807, 2.05) is 4.90 Å². The summed E-state index contributed by atoms with van der Waals surface area (Å²) in [4.78, 5) is 16.7. The van der Waals surface area contributed by atoms with Crippen molar-refractivity contribution in [1.29, 1.82) is 0 Å². The monoisotopic (exact) mass is 280 g/mol. The van der Waals surface area contributed by atoms with Crippen LogP contribution in [-0.2, 0) is 4.79 Å². The van der Waals surface area contributed by atoms with Crippen LogP contribution >= 0.6 is 11.3 Å². The number of carbonyl (C=O) groups excluding carboxylic acids is 1. The van der Waals surface area contributed by atoms with Gasteiger partial charge in [-0.3, -0.25) is 10.1 Å². The maximum Gasteiger partial charge on any atom is 0.238 e. The van der Waals surface area contributed by atoms with Crippen molar-refractivity contribution in [2.75, 3.05) is 6.54 Å². The SMILES string of the molecule is Cc1ccc(C2NCC(=O)N2C(C)CCC(C)C)s1. The van der Waals surface area contributed by atoms with Gasteiger partial charge in [-0.05, 0) is 44.7 Å². The number of hydrogen-bond donors (Lipinski definition) is 1. The summed E-state index contributed by atoms with van der Waals surface area (Å²) in [5.74, 6) is 0.919. The minimum atomic E-state index is 0.0772. The zero-order valence-electron chi connectivity index (χ0n) is 12.3. The van der Waals surface area contributed by atoms with Gasteiger partial charge in [-0.2, -0.15) is 0 Å². The molecule has 1 aromatic rings. The van der Waals surface area contributed by atoms with Gasteiger partial charge in [0.2, 0.25) is 5.91 Å². The van der Waals surface area contributed by atoms with Crippen molar-refractivity contribution in [3.63, 3.8) is 0 Å². The Bertz CT molecular complexity index is 441. The highest BCUT2D eigenvalue weighted by Crippen LogP contribution is 2.31. The van der Waals surface area contributed by atoms with E-state index < -0.39 is 0 Å². The standard InChI is InChI=1S/C15H24N2OS/c1-10(2)5-6-11(3)17-14(18)9-16-15(17)13-8-7-12(4)19-13/h7-8,10-11,15-16H,5-6,9H2,1-4H3. The van der Waals surface area contributed by atoms with E-state index in [4.69, 9.17) is 0 Å². The fourth-order valence-electron chi connectivity index (χ4n) is 2.57. The lowest BCUT2D eigenvalue weighted by molar-refractivity contribution is -0.130. The Balaban J connectivity index is 2.09. The molecule has 0 radical (unpaired) electrons. The fraction of sp³-hybridized carbons (Fsp3) is 0.667. The molecule has 2 rings (SSSR count). The van der Waals surface area contributed by atoms with Crippen LogP contribution in [0.2, 0.25) is 0 Å². The van der Waals surface area contributed by atoms with E-state index in [1.54, 1.807) is 11.3 Å². The Morgan fingerprint density at radius 2 is 2.11 bits per heavy atom. The highest BCUT2D eigenvalue weighted by atomic mass is 32.1. The molecule has 1 amide bonds. The Morgan fingerprint density at radius 3 is 2.68 bits per heavy atom. The normalized spacial score (nSPS) is 21.4. The zero-order chi connectivity index (χ0) is 14.0. The maximum atomic E-state index is 12.1. The molecule has 1 fully saturated rings. The lowest BCUT2D eigenvalue weighted by Gasteiger charge is -2.30. The molecule has 19 heavy (non-hydrogen) atoms. The van der Waals surface area contributed by atoms with Crippen LogP contribution in [0.1, 0.15) is 49.5 Å². The first-order valence-corrected chi connectivity index (χ1v) is 7.91. The third kappa shape index (κ3) is 3.37. The lowest BCUT2D eigenvalue weighted by Crippen LogP contribution is -2.37. The van der Waals surface area contributed by atoms with Crippen molar-refractivity contribution in [3.8, 4) is 0 Å². The first-order chi connectivity index (χ1) is 8.99. The molecule has 106 valence electrons. The summed E-state index contributed by atoms with van der Waals surface area (Å²) < 4.78 is 0. The van der Waals surface area contributed by atoms with E-state index in [1.165, 1.54) is 16.2 Å². The molecule has 0 spiro atoms. The van der Waals surface area contributed by atoms with Crippen LogP contribution < -0.4 is 5.32 Å². The second kappa shape index (κ2) is 6.06. The van der Waals surface area contributed by atoms with Crippen LogP contribution in [-0.4, -0.2) is 23.4 Å². The van der Waals surface area contributed by atoms with Crippen LogP contribution in [0.4, 0.5) is 0 Å². The number of carbonyl (C=O) groups is 1. The van der Waals surface area contributed by atoms with Gasteiger partial charge in [-0.25, -0.2) is 0 Å². The smallest absolute Gasteiger partial charge is 0.238 e. The molecule has 1 saturated heterocycles. The molecule has 1 aromatic heterocycles. The molecule has 1 aliphatic heterocycles. The number of rotatable bonds is 5. The number of aryl methyl sites for hydroxylation is 1. The number of thiophene rings is 1. The van der Waals surface area contributed by atoms with Crippen molar-refractivity contribution < 1.29 is 4.79 Å². The largest absolute Gasteiger partial charge is 0.318 e. The van der Waals surface area contributed by atoms with Crippen LogP contribution in [0.3, 0.4) is 0 Å². The predicted octanol–water partition coefficient (Wildman–Crippen LogP) is 3.31. The molecule has 2 heterocycles. The first-order valence-electron chi connectivity index (χ1n) is 7.10. The Kier molecular flexibility index (Phi) is 4.63. The molecule has 0 bridgehead atoms. The molecule has 1 aliphatic rings. The lowest BCUT2D eigenvalue weighted by atomic mass is 10.0. The van der Waals surface area contributed by atoms with E-state index >= 15 is 0 Å². The molecular weight excluding hydrogens is 256 g/mol. The van der Waals surface area contributed by atoms with Crippen molar-refractivity contribution in [2.45, 2.75) is 52.7 Å². The van der Waals surface area contributed by atoms with E-state index in [0.717, 1.165) is 6.42 Å². The number of hydrogen-bond acceptors (Lipinski definition) is 3. The second-order valence-corrected chi connectivity index (χ2v) is 7.17. The van der Waals surface area contributed by atoms with Crippen molar-refractivity contribution in [1.82, 2.24) is 10.2 Å². The molecule has 0 saturated carbocycles. The Hall–Kier alpha value is -0.870. The molecule has 2 atom stereocenters. The summed E-state index contributed by atoms with van der Waals surface area (Å²) in [6, 6.07) is 4.57. The van der Waals surface area contributed by atoms with Crippen molar-refractivity contribution in [2.24, 2.45) is 5.92 Å². The number of nitrogens with one attached hydrogen (secondary N) is 1. The summed E-state index contributed by atoms with van der Waals surface area (Å²) in [7, 11) is 0. The van der Waals surface area contributed by atoms with Gasteiger partial charge in [0.25, 0.3) is 0 Å². The number of nitrogens with zero attached hydrogens (tertiary/aromatic N) is 1. The predicted molar refractivity (Wildman–Crippen MR) is 80.2 cm³/mol. The second-order valence-electron chi connectivity index (χ2n) is 5.85. The van der Waals surface area contributed by atoms with Gasteiger partial charge in [0.1, 0.15) is 6.17 Å². The van der Waals surface area contributed by atoms with Gasteiger partial charge in [-0.15, -0.1) is 11.3 Å². The summed E-state index contributed by atoms with van der Waals surface area (Å²) in [6.45, 7) is 9.21. The minimum Gasteiger partial charge on any atom is -0.318 e. The molecule has 3 nitrogen and oxygen atoms in total.